The molecule has 0 bridgehead atoms. The first-order valence-corrected chi connectivity index (χ1v) is 8.60. The molecule has 1 heterocycles. The Morgan fingerprint density at radius 2 is 1.93 bits per heavy atom. The average Bonchev–Trinajstić information content (AvgIpc) is 2.99. The first-order chi connectivity index (χ1) is 13.3. The number of alkyl halides is 6. The maximum Gasteiger partial charge on any atom is 0.417 e. The summed E-state index contributed by atoms with van der Waals surface area (Å²) in [5, 5.41) is 1.85. The molecule has 0 aliphatic carbocycles. The second kappa shape index (κ2) is 8.62. The van der Waals surface area contributed by atoms with Crippen molar-refractivity contribution in [1.82, 2.24) is 14.5 Å². The molecular formula is C17H17ClF6N4O. The minimum absolute atomic E-state index is 0.0773. The summed E-state index contributed by atoms with van der Waals surface area (Å²) in [4.78, 5) is 17.7. The molecule has 0 aliphatic rings. The number of rotatable bonds is 6. The quantitative estimate of drug-likeness (QED) is 0.666. The molecule has 0 fully saturated rings. The van der Waals surface area contributed by atoms with Gasteiger partial charge in [0.05, 0.1) is 23.2 Å². The summed E-state index contributed by atoms with van der Waals surface area (Å²) in [5.74, 6) is -0.549. The molecule has 2 aromatic rings. The number of nitrogens with zero attached hydrogens (tertiary/aromatic N) is 3. The molecule has 1 aromatic heterocycles. The van der Waals surface area contributed by atoms with Crippen molar-refractivity contribution in [2.45, 2.75) is 38.4 Å². The number of halogens is 7. The zero-order valence-electron chi connectivity index (χ0n) is 15.3. The van der Waals surface area contributed by atoms with Crippen molar-refractivity contribution in [3.05, 3.63) is 47.0 Å². The number of imidazole rings is 1. The van der Waals surface area contributed by atoms with E-state index in [2.05, 4.69) is 10.3 Å². The third-order valence-electron chi connectivity index (χ3n) is 4.12. The van der Waals surface area contributed by atoms with Gasteiger partial charge < -0.3 is 9.88 Å². The highest BCUT2D eigenvalue weighted by molar-refractivity contribution is 6.31. The number of carbonyl (C=O) groups excluding carboxylic acids is 1. The monoisotopic (exact) mass is 442 g/mol. The standard InChI is InChI=1S/C17H17ClF6N4O/c1-10(27(2)8-14-25-5-6-28(14)9-16(19,20)21)15(29)26-11-3-4-13(18)12(7-11)17(22,23)24/h3-7,10H,8-9H2,1-2H3,(H,26,29). The van der Waals surface area contributed by atoms with E-state index in [0.717, 1.165) is 10.6 Å². The van der Waals surface area contributed by atoms with E-state index < -0.39 is 41.4 Å². The summed E-state index contributed by atoms with van der Waals surface area (Å²) >= 11 is 5.54. The number of amides is 1. The molecule has 0 spiro atoms. The SMILES string of the molecule is CC(C(=O)Nc1ccc(Cl)c(C(F)(F)F)c1)N(C)Cc1nccn1CC(F)(F)F. The second-order valence-electron chi connectivity index (χ2n) is 6.36. The molecule has 1 aromatic carbocycles. The molecular weight excluding hydrogens is 426 g/mol. The second-order valence-corrected chi connectivity index (χ2v) is 6.77. The van der Waals surface area contributed by atoms with Gasteiger partial charge in [-0.1, -0.05) is 11.6 Å². The maximum absolute atomic E-state index is 12.9. The Balaban J connectivity index is 2.07. The predicted molar refractivity (Wildman–Crippen MR) is 94.3 cm³/mol. The van der Waals surface area contributed by atoms with Crippen LogP contribution in [0.25, 0.3) is 0 Å². The fourth-order valence-corrected chi connectivity index (χ4v) is 2.68. The molecule has 1 atom stereocenters. The van der Waals surface area contributed by atoms with E-state index in [1.165, 1.54) is 37.3 Å². The fourth-order valence-electron chi connectivity index (χ4n) is 2.46. The van der Waals surface area contributed by atoms with Crippen LogP contribution in [0.3, 0.4) is 0 Å². The summed E-state index contributed by atoms with van der Waals surface area (Å²) in [7, 11) is 1.49. The molecule has 2 rings (SSSR count). The number of likely N-dealkylation sites (N-methyl/N-ethyl adjacent to an activating group) is 1. The number of hydrogen-bond acceptors (Lipinski definition) is 3. The number of benzene rings is 1. The van der Waals surface area contributed by atoms with E-state index in [9.17, 15) is 31.1 Å². The van der Waals surface area contributed by atoms with Crippen LogP contribution in [0.1, 0.15) is 18.3 Å². The Labute approximate surface area is 167 Å². The fraction of sp³-hybridized carbons (Fsp3) is 0.412. The smallest absolute Gasteiger partial charge is 0.325 e. The van der Waals surface area contributed by atoms with Crippen LogP contribution in [0.15, 0.2) is 30.6 Å². The molecule has 0 saturated carbocycles. The van der Waals surface area contributed by atoms with Crippen molar-refractivity contribution >= 4 is 23.2 Å². The Morgan fingerprint density at radius 3 is 2.52 bits per heavy atom. The molecule has 160 valence electrons. The predicted octanol–water partition coefficient (Wildman–Crippen LogP) is 4.58. The third-order valence-corrected chi connectivity index (χ3v) is 4.45. The lowest BCUT2D eigenvalue weighted by molar-refractivity contribution is -0.141. The largest absolute Gasteiger partial charge is 0.417 e. The van der Waals surface area contributed by atoms with Gasteiger partial charge in [0.25, 0.3) is 0 Å². The molecule has 1 N–H and O–H groups in total. The topological polar surface area (TPSA) is 50.2 Å². The van der Waals surface area contributed by atoms with Gasteiger partial charge in [-0.2, -0.15) is 26.3 Å². The van der Waals surface area contributed by atoms with Crippen molar-refractivity contribution in [3.63, 3.8) is 0 Å². The molecule has 12 heteroatoms. The number of nitrogens with one attached hydrogen (secondary N) is 1. The van der Waals surface area contributed by atoms with E-state index in [1.54, 1.807) is 0 Å². The van der Waals surface area contributed by atoms with Crippen LogP contribution < -0.4 is 5.32 Å². The molecule has 5 nitrogen and oxygen atoms in total. The van der Waals surface area contributed by atoms with Gasteiger partial charge in [0.15, 0.2) is 0 Å². The van der Waals surface area contributed by atoms with E-state index >= 15 is 0 Å². The highest BCUT2D eigenvalue weighted by atomic mass is 35.5. The molecule has 0 aliphatic heterocycles. The lowest BCUT2D eigenvalue weighted by Crippen LogP contribution is -2.40. The first kappa shape index (κ1) is 23.0. The summed E-state index contributed by atoms with van der Waals surface area (Å²) in [6.45, 7) is 0.167. The lowest BCUT2D eigenvalue weighted by Gasteiger charge is -2.24. The number of aromatic nitrogens is 2. The van der Waals surface area contributed by atoms with Crippen molar-refractivity contribution in [2.24, 2.45) is 0 Å². The van der Waals surface area contributed by atoms with E-state index in [1.807, 2.05) is 0 Å². The Hall–Kier alpha value is -2.27. The summed E-state index contributed by atoms with van der Waals surface area (Å²) in [5.41, 5.74) is -1.20. The Bertz CT molecular complexity index is 864. The Kier molecular flexibility index (Phi) is 6.84. The van der Waals surface area contributed by atoms with Crippen LogP contribution in [0.4, 0.5) is 32.0 Å². The van der Waals surface area contributed by atoms with Crippen molar-refractivity contribution in [1.29, 1.82) is 0 Å². The number of carbonyl (C=O) groups is 1. The average molecular weight is 443 g/mol. The third kappa shape index (κ3) is 6.36. The van der Waals surface area contributed by atoms with Gasteiger partial charge in [-0.25, -0.2) is 4.98 Å². The number of hydrogen-bond donors (Lipinski definition) is 1. The molecule has 1 amide bonds. The summed E-state index contributed by atoms with van der Waals surface area (Å²) < 4.78 is 77.5. The zero-order chi connectivity index (χ0) is 22.0. The van der Waals surface area contributed by atoms with Gasteiger partial charge in [0, 0.05) is 18.1 Å². The zero-order valence-corrected chi connectivity index (χ0v) is 16.0. The van der Waals surface area contributed by atoms with E-state index in [0.29, 0.717) is 6.07 Å². The molecule has 0 saturated heterocycles. The molecule has 29 heavy (non-hydrogen) atoms. The van der Waals surface area contributed by atoms with Gasteiger partial charge in [0.2, 0.25) is 5.91 Å². The van der Waals surface area contributed by atoms with Crippen LogP contribution in [-0.4, -0.2) is 39.6 Å². The Morgan fingerprint density at radius 1 is 1.28 bits per heavy atom. The van der Waals surface area contributed by atoms with Crippen molar-refractivity contribution in [2.75, 3.05) is 12.4 Å². The van der Waals surface area contributed by atoms with Crippen molar-refractivity contribution in [3.8, 4) is 0 Å². The van der Waals surface area contributed by atoms with Crippen LogP contribution in [0.5, 0.6) is 0 Å². The van der Waals surface area contributed by atoms with Gasteiger partial charge in [-0.15, -0.1) is 0 Å². The minimum Gasteiger partial charge on any atom is -0.325 e. The lowest BCUT2D eigenvalue weighted by atomic mass is 10.2. The van der Waals surface area contributed by atoms with Gasteiger partial charge in [-0.05, 0) is 32.2 Å². The van der Waals surface area contributed by atoms with Crippen LogP contribution in [0.2, 0.25) is 5.02 Å². The first-order valence-electron chi connectivity index (χ1n) is 8.22. The minimum atomic E-state index is -4.68. The van der Waals surface area contributed by atoms with Gasteiger partial charge >= 0.3 is 12.4 Å². The summed E-state index contributed by atoms with van der Waals surface area (Å²) in [6, 6.07) is 2.08. The van der Waals surface area contributed by atoms with Gasteiger partial charge in [-0.3, -0.25) is 9.69 Å². The van der Waals surface area contributed by atoms with E-state index in [4.69, 9.17) is 11.6 Å². The maximum atomic E-state index is 12.9. The normalized spacial score (nSPS) is 13.6. The number of anilines is 1. The molecule has 1 unspecified atom stereocenters. The van der Waals surface area contributed by atoms with Crippen molar-refractivity contribution < 1.29 is 31.1 Å². The highest BCUT2D eigenvalue weighted by Gasteiger charge is 2.34. The highest BCUT2D eigenvalue weighted by Crippen LogP contribution is 2.36. The van der Waals surface area contributed by atoms with Gasteiger partial charge in [0.1, 0.15) is 12.4 Å². The van der Waals surface area contributed by atoms with Crippen LogP contribution >= 0.6 is 11.6 Å². The molecule has 0 radical (unpaired) electrons. The van der Waals surface area contributed by atoms with E-state index in [-0.39, 0.29) is 18.1 Å². The summed E-state index contributed by atoms with van der Waals surface area (Å²) in [6.07, 6.45) is -6.72. The van der Waals surface area contributed by atoms with Crippen LogP contribution in [0, 0.1) is 0 Å². The van der Waals surface area contributed by atoms with Crippen LogP contribution in [-0.2, 0) is 24.1 Å².